The minimum atomic E-state index is -0.662. The second-order valence-corrected chi connectivity index (χ2v) is 18.2. The number of alkyl carbamates (subject to hydrolysis) is 2. The summed E-state index contributed by atoms with van der Waals surface area (Å²) < 4.78 is 9.62. The summed E-state index contributed by atoms with van der Waals surface area (Å²) in [5, 5.41) is 5.51. The van der Waals surface area contributed by atoms with Crippen molar-refractivity contribution in [2.24, 2.45) is 28.7 Å². The largest absolute Gasteiger partial charge is 0.453 e. The van der Waals surface area contributed by atoms with E-state index in [1.807, 2.05) is 49.9 Å². The van der Waals surface area contributed by atoms with Crippen LogP contribution in [0.5, 0.6) is 0 Å². The van der Waals surface area contributed by atoms with Crippen LogP contribution in [0, 0.1) is 23.7 Å². The first-order valence-electron chi connectivity index (χ1n) is 21.3. The smallest absolute Gasteiger partial charge is 0.407 e. The summed E-state index contributed by atoms with van der Waals surface area (Å²) in [5.74, 6) is 2.40. The first-order valence-corrected chi connectivity index (χ1v) is 21.3. The van der Waals surface area contributed by atoms with Crippen LogP contribution in [0.4, 0.5) is 9.59 Å². The molecule has 13 nitrogen and oxygen atoms in total. The number of carbonyl (C=O) groups is 4. The second kappa shape index (κ2) is 15.3. The molecule has 1 unspecified atom stereocenters. The molecule has 0 spiro atoms. The molecule has 3 N–H and O–H groups in total. The lowest BCUT2D eigenvalue weighted by Gasteiger charge is -2.33. The number of ether oxygens (including phenoxy) is 2. The summed E-state index contributed by atoms with van der Waals surface area (Å²) in [5.41, 5.74) is 7.97. The highest BCUT2D eigenvalue weighted by atomic mass is 16.5. The predicted molar refractivity (Wildman–Crippen MR) is 222 cm³/mol. The number of aromatic nitrogens is 2. The van der Waals surface area contributed by atoms with Gasteiger partial charge in [0, 0.05) is 30.4 Å². The lowest BCUT2D eigenvalue weighted by atomic mass is 9.95. The minimum absolute atomic E-state index is 0.0464. The summed E-state index contributed by atoms with van der Waals surface area (Å²) in [6, 6.07) is 16.6. The van der Waals surface area contributed by atoms with Crippen molar-refractivity contribution in [3.63, 3.8) is 0 Å². The van der Waals surface area contributed by atoms with Gasteiger partial charge in [0.1, 0.15) is 17.9 Å². The number of likely N-dealkylation sites (tertiary alicyclic amines) is 2. The number of aromatic amines is 1. The molecule has 0 radical (unpaired) electrons. The van der Waals surface area contributed by atoms with Gasteiger partial charge in [-0.1, -0.05) is 76.2 Å². The van der Waals surface area contributed by atoms with E-state index in [0.717, 1.165) is 66.0 Å². The summed E-state index contributed by atoms with van der Waals surface area (Å²) in [6.45, 7) is 7.75. The van der Waals surface area contributed by atoms with Crippen LogP contribution >= 0.6 is 0 Å². The molecule has 13 heteroatoms. The van der Waals surface area contributed by atoms with Gasteiger partial charge in [0.15, 0.2) is 0 Å². The van der Waals surface area contributed by atoms with E-state index in [4.69, 9.17) is 19.5 Å². The molecule has 5 fully saturated rings. The highest BCUT2D eigenvalue weighted by molar-refractivity contribution is 6.04. The zero-order valence-corrected chi connectivity index (χ0v) is 34.7. The van der Waals surface area contributed by atoms with E-state index in [0.29, 0.717) is 30.1 Å². The molecule has 4 amide bonds. The van der Waals surface area contributed by atoms with Crippen molar-refractivity contribution in [3.05, 3.63) is 83.4 Å². The number of aliphatic imine (C=N–C) groups is 1. The molecule has 59 heavy (non-hydrogen) atoms. The van der Waals surface area contributed by atoms with E-state index in [1.165, 1.54) is 25.3 Å². The third-order valence-electron chi connectivity index (χ3n) is 13.7. The number of fused-ring (bicyclic) bond motifs is 2. The highest BCUT2D eigenvalue weighted by Crippen LogP contribution is 2.56. The molecular weight excluding hydrogens is 747 g/mol. The van der Waals surface area contributed by atoms with Crippen molar-refractivity contribution < 1.29 is 28.7 Å². The van der Waals surface area contributed by atoms with Gasteiger partial charge in [0.2, 0.25) is 11.8 Å². The number of hydrogen-bond acceptors (Lipinski definition) is 8. The molecule has 3 aliphatic heterocycles. The maximum Gasteiger partial charge on any atom is 0.407 e. The van der Waals surface area contributed by atoms with Crippen molar-refractivity contribution in [1.82, 2.24) is 30.4 Å². The Bertz CT molecular complexity index is 2190. The molecular formula is C46H55N7O6. The molecule has 3 aliphatic carbocycles. The van der Waals surface area contributed by atoms with E-state index in [-0.39, 0.29) is 47.8 Å². The SMILES string of the molecule is COC(=O)N[C@H](C(=O)N1[C@@H]2C[C@@H]2C[C@H]1C1=NC=C(c2ccc([C@@H]3CC3c3ccc(-c4cnc([C@@H]5C[C@H]6C[C@H]6N5C(=O)[C@@H](NC(=O)OC)C(C)C)[nH]4)cc3)cc2)C1)C(C)C. The van der Waals surface area contributed by atoms with E-state index in [2.05, 4.69) is 64.1 Å². The molecule has 2 saturated heterocycles. The number of H-pyrrole nitrogens is 1. The van der Waals surface area contributed by atoms with Crippen molar-refractivity contribution in [3.8, 4) is 11.3 Å². The molecule has 3 saturated carbocycles. The number of carbonyl (C=O) groups excluding carboxylic acids is 4. The van der Waals surface area contributed by atoms with Crippen LogP contribution in [-0.2, 0) is 19.1 Å². The van der Waals surface area contributed by atoms with E-state index >= 15 is 0 Å². The molecule has 6 aliphatic rings. The monoisotopic (exact) mass is 801 g/mol. The van der Waals surface area contributed by atoms with Crippen LogP contribution in [0.3, 0.4) is 0 Å². The fourth-order valence-electron chi connectivity index (χ4n) is 10.1. The van der Waals surface area contributed by atoms with Gasteiger partial charge in [-0.05, 0) is 95.4 Å². The van der Waals surface area contributed by atoms with Gasteiger partial charge in [-0.25, -0.2) is 14.6 Å². The average Bonchev–Trinajstić information content (AvgIpc) is 4.16. The number of benzene rings is 2. The van der Waals surface area contributed by atoms with Gasteiger partial charge in [-0.15, -0.1) is 0 Å². The van der Waals surface area contributed by atoms with Crippen LogP contribution < -0.4 is 10.6 Å². The van der Waals surface area contributed by atoms with Gasteiger partial charge in [0.05, 0.1) is 38.2 Å². The summed E-state index contributed by atoms with van der Waals surface area (Å²) >= 11 is 0. The number of hydrogen-bond donors (Lipinski definition) is 3. The van der Waals surface area contributed by atoms with Crippen LogP contribution in [0.2, 0.25) is 0 Å². The Kier molecular flexibility index (Phi) is 10.1. The van der Waals surface area contributed by atoms with Crippen molar-refractivity contribution in [2.75, 3.05) is 14.2 Å². The Labute approximate surface area is 345 Å². The Balaban J connectivity index is 0.804. The molecule has 2 aromatic carbocycles. The number of rotatable bonds is 12. The minimum Gasteiger partial charge on any atom is -0.453 e. The first-order chi connectivity index (χ1) is 28.4. The zero-order valence-electron chi connectivity index (χ0n) is 34.7. The summed E-state index contributed by atoms with van der Waals surface area (Å²) in [6.07, 6.45) is 8.25. The van der Waals surface area contributed by atoms with Gasteiger partial charge in [-0.2, -0.15) is 0 Å². The highest BCUT2D eigenvalue weighted by Gasteiger charge is 2.57. The van der Waals surface area contributed by atoms with E-state index in [1.54, 1.807) is 0 Å². The molecule has 3 aromatic rings. The fraction of sp³-hybridized carbons (Fsp3) is 0.522. The molecule has 1 aromatic heterocycles. The Hall–Kier alpha value is -5.46. The molecule has 10 atom stereocenters. The molecule has 310 valence electrons. The normalized spacial score (nSPS) is 28.3. The number of imidazole rings is 1. The zero-order chi connectivity index (χ0) is 41.3. The summed E-state index contributed by atoms with van der Waals surface area (Å²) in [4.78, 5) is 68.8. The number of piperidine rings is 2. The third-order valence-corrected chi connectivity index (χ3v) is 13.7. The summed E-state index contributed by atoms with van der Waals surface area (Å²) in [7, 11) is 2.63. The van der Waals surface area contributed by atoms with Gasteiger partial charge in [0.25, 0.3) is 0 Å². The number of nitrogens with one attached hydrogen (secondary N) is 3. The molecule has 9 rings (SSSR count). The van der Waals surface area contributed by atoms with Crippen LogP contribution in [0.1, 0.15) is 107 Å². The van der Waals surface area contributed by atoms with Gasteiger partial charge < -0.3 is 34.9 Å². The molecule has 4 heterocycles. The quantitative estimate of drug-likeness (QED) is 0.179. The topological polar surface area (TPSA) is 158 Å². The predicted octanol–water partition coefficient (Wildman–Crippen LogP) is 6.95. The van der Waals surface area contributed by atoms with Gasteiger partial charge in [-0.3, -0.25) is 14.6 Å². The second-order valence-electron chi connectivity index (χ2n) is 18.2. The lowest BCUT2D eigenvalue weighted by molar-refractivity contribution is -0.137. The number of methoxy groups -OCH3 is 2. The number of allylic oxidation sites excluding steroid dienone is 1. The van der Waals surface area contributed by atoms with E-state index in [9.17, 15) is 19.2 Å². The Morgan fingerprint density at radius 2 is 1.20 bits per heavy atom. The Morgan fingerprint density at radius 1 is 0.695 bits per heavy atom. The maximum absolute atomic E-state index is 13.8. The number of nitrogens with zero attached hydrogens (tertiary/aromatic N) is 4. The molecule has 0 bridgehead atoms. The van der Waals surface area contributed by atoms with Crippen molar-refractivity contribution in [1.29, 1.82) is 0 Å². The third kappa shape index (κ3) is 7.41. The first kappa shape index (κ1) is 39.0. The standard InChI is InChI=1S/C46H55N7O6/c1-23(2)40(50-45(56)58-5)43(54)52-36-16-29(36)18-38(52)34-15-31(21-47-34)25-7-9-26(10-8-25)32-20-33(32)27-11-13-28(14-12-27)35-22-48-42(49-35)39-19-30-17-37(30)53(39)44(55)41(24(3)4)51-46(57)59-6/h7-14,21-24,29-30,32-33,36-41H,15-20H2,1-6H3,(H,48,49)(H,50,56)(H,51,57)/t29-,30-,32+,33?,36-,37-,38+,39+,40+,41+/m1/s1. The van der Waals surface area contributed by atoms with Crippen LogP contribution in [0.15, 0.2) is 65.9 Å². The number of amides is 4. The fourth-order valence-corrected chi connectivity index (χ4v) is 10.1. The van der Waals surface area contributed by atoms with E-state index < -0.39 is 24.3 Å². The van der Waals surface area contributed by atoms with Crippen LogP contribution in [0.25, 0.3) is 16.8 Å². The lowest BCUT2D eigenvalue weighted by Crippen LogP contribution is -2.54. The maximum atomic E-state index is 13.8. The van der Waals surface area contributed by atoms with Crippen molar-refractivity contribution in [2.45, 2.75) is 114 Å². The average molecular weight is 802 g/mol. The van der Waals surface area contributed by atoms with Crippen molar-refractivity contribution >= 4 is 35.3 Å². The van der Waals surface area contributed by atoms with Crippen LogP contribution in [-0.4, -0.2) is 93.9 Å². The van der Waals surface area contributed by atoms with Gasteiger partial charge >= 0.3 is 12.2 Å². The Morgan fingerprint density at radius 3 is 1.73 bits per heavy atom.